The molecule has 0 saturated heterocycles. The standard InChI is InChI=1S/C18H22N2O/c1-19-18(10-3-2-4-11-18)13-17(21)15-7-5-9-16-14(15)8-6-12-20-16/h5-9,12,19H,2-4,10-11,13H2,1H3. The highest BCUT2D eigenvalue weighted by Gasteiger charge is 2.33. The smallest absolute Gasteiger partial charge is 0.165 e. The van der Waals surface area contributed by atoms with Crippen LogP contribution in [0.3, 0.4) is 0 Å². The Bertz CT molecular complexity index is 639. The van der Waals surface area contributed by atoms with Gasteiger partial charge in [0.25, 0.3) is 0 Å². The first-order valence-corrected chi connectivity index (χ1v) is 7.80. The van der Waals surface area contributed by atoms with Gasteiger partial charge in [0, 0.05) is 29.1 Å². The van der Waals surface area contributed by atoms with E-state index < -0.39 is 0 Å². The number of benzene rings is 1. The quantitative estimate of drug-likeness (QED) is 0.869. The maximum absolute atomic E-state index is 12.8. The molecule has 3 nitrogen and oxygen atoms in total. The van der Waals surface area contributed by atoms with Crippen molar-refractivity contribution in [2.24, 2.45) is 0 Å². The van der Waals surface area contributed by atoms with Crippen LogP contribution >= 0.6 is 0 Å². The van der Waals surface area contributed by atoms with Crippen molar-refractivity contribution in [2.75, 3.05) is 7.05 Å². The maximum atomic E-state index is 12.8. The van der Waals surface area contributed by atoms with Crippen molar-refractivity contribution in [3.8, 4) is 0 Å². The third-order valence-corrected chi connectivity index (χ3v) is 4.79. The van der Waals surface area contributed by atoms with Crippen LogP contribution in [-0.2, 0) is 0 Å². The molecule has 110 valence electrons. The zero-order chi connectivity index (χ0) is 14.7. The van der Waals surface area contributed by atoms with Gasteiger partial charge < -0.3 is 5.32 Å². The van der Waals surface area contributed by atoms with Gasteiger partial charge in [-0.3, -0.25) is 9.78 Å². The van der Waals surface area contributed by atoms with Crippen LogP contribution in [-0.4, -0.2) is 23.4 Å². The van der Waals surface area contributed by atoms with E-state index in [9.17, 15) is 4.79 Å². The number of rotatable bonds is 4. The molecule has 1 aliphatic rings. The summed E-state index contributed by atoms with van der Waals surface area (Å²) in [4.78, 5) is 17.2. The molecule has 0 amide bonds. The number of nitrogens with one attached hydrogen (secondary N) is 1. The third-order valence-electron chi connectivity index (χ3n) is 4.79. The number of pyridine rings is 1. The summed E-state index contributed by atoms with van der Waals surface area (Å²) in [6, 6.07) is 9.70. The second-order valence-corrected chi connectivity index (χ2v) is 6.07. The maximum Gasteiger partial charge on any atom is 0.165 e. The monoisotopic (exact) mass is 282 g/mol. The Morgan fingerprint density at radius 3 is 2.76 bits per heavy atom. The number of hydrogen-bond acceptors (Lipinski definition) is 3. The predicted molar refractivity (Wildman–Crippen MR) is 85.6 cm³/mol. The van der Waals surface area contributed by atoms with Crippen molar-refractivity contribution >= 4 is 16.7 Å². The molecule has 0 radical (unpaired) electrons. The second kappa shape index (κ2) is 5.94. The van der Waals surface area contributed by atoms with Gasteiger partial charge >= 0.3 is 0 Å². The van der Waals surface area contributed by atoms with E-state index in [-0.39, 0.29) is 11.3 Å². The van der Waals surface area contributed by atoms with Crippen molar-refractivity contribution in [3.05, 3.63) is 42.1 Å². The highest BCUT2D eigenvalue weighted by atomic mass is 16.1. The minimum absolute atomic E-state index is 0.0142. The van der Waals surface area contributed by atoms with Crippen molar-refractivity contribution in [2.45, 2.75) is 44.1 Å². The summed E-state index contributed by atoms with van der Waals surface area (Å²) < 4.78 is 0. The summed E-state index contributed by atoms with van der Waals surface area (Å²) in [6.07, 6.45) is 8.26. The molecule has 1 aromatic carbocycles. The van der Waals surface area contributed by atoms with E-state index >= 15 is 0 Å². The fraction of sp³-hybridized carbons (Fsp3) is 0.444. The van der Waals surface area contributed by atoms with E-state index in [1.807, 2.05) is 37.4 Å². The normalized spacial score (nSPS) is 17.8. The molecule has 0 spiro atoms. The lowest BCUT2D eigenvalue weighted by atomic mass is 9.77. The van der Waals surface area contributed by atoms with Crippen LogP contribution in [0.25, 0.3) is 10.9 Å². The van der Waals surface area contributed by atoms with Crippen LogP contribution in [0.15, 0.2) is 36.5 Å². The highest BCUT2D eigenvalue weighted by molar-refractivity contribution is 6.07. The molecule has 3 rings (SSSR count). The van der Waals surface area contributed by atoms with Gasteiger partial charge in [-0.15, -0.1) is 0 Å². The Kier molecular flexibility index (Phi) is 4.02. The van der Waals surface area contributed by atoms with Crippen LogP contribution in [0.2, 0.25) is 0 Å². The molecule has 1 saturated carbocycles. The van der Waals surface area contributed by atoms with E-state index in [4.69, 9.17) is 0 Å². The molecule has 1 heterocycles. The molecular formula is C18H22N2O. The van der Waals surface area contributed by atoms with Crippen LogP contribution in [0.5, 0.6) is 0 Å². The van der Waals surface area contributed by atoms with Gasteiger partial charge in [0.2, 0.25) is 0 Å². The topological polar surface area (TPSA) is 42.0 Å². The highest BCUT2D eigenvalue weighted by Crippen LogP contribution is 2.32. The molecule has 0 aliphatic heterocycles. The summed E-state index contributed by atoms with van der Waals surface area (Å²) in [5.41, 5.74) is 1.69. The molecular weight excluding hydrogens is 260 g/mol. The molecule has 1 fully saturated rings. The Morgan fingerprint density at radius 1 is 1.19 bits per heavy atom. The average molecular weight is 282 g/mol. The van der Waals surface area contributed by atoms with E-state index in [0.29, 0.717) is 6.42 Å². The molecule has 3 heteroatoms. The summed E-state index contributed by atoms with van der Waals surface area (Å²) in [6.45, 7) is 0. The number of carbonyl (C=O) groups is 1. The zero-order valence-electron chi connectivity index (χ0n) is 12.6. The average Bonchev–Trinajstić information content (AvgIpc) is 2.55. The second-order valence-electron chi connectivity index (χ2n) is 6.07. The van der Waals surface area contributed by atoms with Gasteiger partial charge in [-0.1, -0.05) is 37.5 Å². The number of aromatic nitrogens is 1. The van der Waals surface area contributed by atoms with Gasteiger partial charge in [0.15, 0.2) is 5.78 Å². The van der Waals surface area contributed by atoms with E-state index in [0.717, 1.165) is 29.3 Å². The van der Waals surface area contributed by atoms with Gasteiger partial charge in [-0.2, -0.15) is 0 Å². The fourth-order valence-electron chi connectivity index (χ4n) is 3.49. The Balaban J connectivity index is 1.90. The van der Waals surface area contributed by atoms with Crippen LogP contribution in [0.1, 0.15) is 48.9 Å². The molecule has 0 unspecified atom stereocenters. The molecule has 0 atom stereocenters. The molecule has 2 aromatic rings. The van der Waals surface area contributed by atoms with Crippen molar-refractivity contribution in [1.29, 1.82) is 0 Å². The minimum atomic E-state index is -0.0142. The van der Waals surface area contributed by atoms with Crippen LogP contribution < -0.4 is 5.32 Å². The zero-order valence-corrected chi connectivity index (χ0v) is 12.6. The number of hydrogen-bond donors (Lipinski definition) is 1. The molecule has 1 aromatic heterocycles. The number of nitrogens with zero attached hydrogens (tertiary/aromatic N) is 1. The number of carbonyl (C=O) groups excluding carboxylic acids is 1. The van der Waals surface area contributed by atoms with Gasteiger partial charge in [0.05, 0.1) is 5.52 Å². The van der Waals surface area contributed by atoms with E-state index in [1.165, 1.54) is 19.3 Å². The molecule has 1 aliphatic carbocycles. The Hall–Kier alpha value is -1.74. The largest absolute Gasteiger partial charge is 0.314 e. The first-order chi connectivity index (χ1) is 10.2. The van der Waals surface area contributed by atoms with E-state index in [2.05, 4.69) is 10.3 Å². The Labute approximate surface area is 125 Å². The lowest BCUT2D eigenvalue weighted by molar-refractivity contribution is 0.0916. The molecule has 1 N–H and O–H groups in total. The molecule has 21 heavy (non-hydrogen) atoms. The van der Waals surface area contributed by atoms with Crippen molar-refractivity contribution in [1.82, 2.24) is 10.3 Å². The first kappa shape index (κ1) is 14.2. The van der Waals surface area contributed by atoms with Gasteiger partial charge in [0.1, 0.15) is 0 Å². The van der Waals surface area contributed by atoms with Crippen LogP contribution in [0.4, 0.5) is 0 Å². The minimum Gasteiger partial charge on any atom is -0.314 e. The predicted octanol–water partition coefficient (Wildman–Crippen LogP) is 3.73. The van der Waals surface area contributed by atoms with Gasteiger partial charge in [-0.25, -0.2) is 0 Å². The van der Waals surface area contributed by atoms with E-state index in [1.54, 1.807) is 6.20 Å². The summed E-state index contributed by atoms with van der Waals surface area (Å²) in [7, 11) is 1.99. The van der Waals surface area contributed by atoms with Crippen molar-refractivity contribution in [3.63, 3.8) is 0 Å². The number of ketones is 1. The Morgan fingerprint density at radius 2 is 2.00 bits per heavy atom. The van der Waals surface area contributed by atoms with Gasteiger partial charge in [-0.05, 0) is 32.0 Å². The number of Topliss-reactive ketones (excluding diaryl/α,β-unsaturated/α-hetero) is 1. The lowest BCUT2D eigenvalue weighted by Gasteiger charge is -2.36. The third kappa shape index (κ3) is 2.84. The summed E-state index contributed by atoms with van der Waals surface area (Å²) in [5, 5.41) is 4.39. The van der Waals surface area contributed by atoms with Crippen LogP contribution in [0, 0.1) is 0 Å². The lowest BCUT2D eigenvalue weighted by Crippen LogP contribution is -2.46. The molecule has 0 bridgehead atoms. The first-order valence-electron chi connectivity index (χ1n) is 7.80. The summed E-state index contributed by atoms with van der Waals surface area (Å²) >= 11 is 0. The SMILES string of the molecule is CNC1(CC(=O)c2cccc3ncccc23)CCCCC1. The fourth-order valence-corrected chi connectivity index (χ4v) is 3.49. The summed E-state index contributed by atoms with van der Waals surface area (Å²) in [5.74, 6) is 0.227. The number of fused-ring (bicyclic) bond motifs is 1. The van der Waals surface area contributed by atoms with Crippen molar-refractivity contribution < 1.29 is 4.79 Å².